The fraction of sp³-hybridized carbons (Fsp3) is 0. The molecule has 0 aliphatic carbocycles. The topological polar surface area (TPSA) is 0 Å². The smallest absolute Gasteiger partial charge is 0.123 e. The Bertz CT molecular complexity index is 648. The van der Waals surface area contributed by atoms with Crippen LogP contribution in [-0.2, 0) is 0 Å². The van der Waals surface area contributed by atoms with Gasteiger partial charge in [0.1, 0.15) is 5.82 Å². The molecule has 0 aromatic heterocycles. The van der Waals surface area contributed by atoms with E-state index in [2.05, 4.69) is 18.2 Å². The third kappa shape index (κ3) is 1.80. The molecule has 0 saturated heterocycles. The first kappa shape index (κ1) is 10.0. The second-order valence-electron chi connectivity index (χ2n) is 3.95. The van der Waals surface area contributed by atoms with Gasteiger partial charge in [-0.3, -0.25) is 0 Å². The van der Waals surface area contributed by atoms with Crippen LogP contribution in [0.2, 0.25) is 0 Å². The Morgan fingerprint density at radius 3 is 2.41 bits per heavy atom. The minimum Gasteiger partial charge on any atom is -0.207 e. The Hall–Kier alpha value is -2.15. The van der Waals surface area contributed by atoms with Crippen molar-refractivity contribution in [3.63, 3.8) is 0 Å². The van der Waals surface area contributed by atoms with Crippen LogP contribution in [-0.4, -0.2) is 0 Å². The van der Waals surface area contributed by atoms with Gasteiger partial charge in [-0.15, -0.1) is 0 Å². The SMILES string of the molecule is Fc1ccc(-c2[c]ccc3ccccc23)cc1. The molecule has 0 atom stereocenters. The predicted octanol–water partition coefficient (Wildman–Crippen LogP) is 4.45. The third-order valence-electron chi connectivity index (χ3n) is 2.85. The third-order valence-corrected chi connectivity index (χ3v) is 2.85. The van der Waals surface area contributed by atoms with Crippen molar-refractivity contribution < 1.29 is 4.39 Å². The van der Waals surface area contributed by atoms with Crippen molar-refractivity contribution in [2.75, 3.05) is 0 Å². The van der Waals surface area contributed by atoms with Gasteiger partial charge < -0.3 is 0 Å². The number of fused-ring (bicyclic) bond motifs is 1. The van der Waals surface area contributed by atoms with E-state index in [4.69, 9.17) is 0 Å². The van der Waals surface area contributed by atoms with Crippen LogP contribution >= 0.6 is 0 Å². The zero-order valence-electron chi connectivity index (χ0n) is 9.15. The molecule has 0 aliphatic heterocycles. The lowest BCUT2D eigenvalue weighted by molar-refractivity contribution is 0.628. The minimum absolute atomic E-state index is 0.214. The van der Waals surface area contributed by atoms with Gasteiger partial charge in [-0.25, -0.2) is 4.39 Å². The molecule has 3 aromatic carbocycles. The molecule has 0 unspecified atom stereocenters. The molecule has 3 rings (SSSR count). The summed E-state index contributed by atoms with van der Waals surface area (Å²) in [6.07, 6.45) is 0. The molecule has 0 heterocycles. The summed E-state index contributed by atoms with van der Waals surface area (Å²) in [6.45, 7) is 0. The molecule has 0 bridgehead atoms. The van der Waals surface area contributed by atoms with Gasteiger partial charge in [0.2, 0.25) is 0 Å². The molecular formula is C16H10F. The molecule has 0 N–H and O–H groups in total. The highest BCUT2D eigenvalue weighted by molar-refractivity contribution is 5.96. The second-order valence-corrected chi connectivity index (χ2v) is 3.95. The van der Waals surface area contributed by atoms with Gasteiger partial charge in [-0.05, 0) is 40.1 Å². The van der Waals surface area contributed by atoms with E-state index in [1.807, 2.05) is 24.3 Å². The first-order chi connectivity index (χ1) is 8.34. The highest BCUT2D eigenvalue weighted by Gasteiger charge is 2.03. The molecule has 3 aromatic rings. The Kier molecular flexibility index (Phi) is 2.37. The van der Waals surface area contributed by atoms with Crippen molar-refractivity contribution in [2.45, 2.75) is 0 Å². The van der Waals surface area contributed by atoms with Crippen LogP contribution < -0.4 is 0 Å². The molecular weight excluding hydrogens is 211 g/mol. The summed E-state index contributed by atoms with van der Waals surface area (Å²) >= 11 is 0. The van der Waals surface area contributed by atoms with Crippen molar-refractivity contribution in [3.8, 4) is 11.1 Å². The summed E-state index contributed by atoms with van der Waals surface area (Å²) in [5.74, 6) is -0.214. The van der Waals surface area contributed by atoms with Gasteiger partial charge >= 0.3 is 0 Å². The fourth-order valence-corrected chi connectivity index (χ4v) is 2.02. The van der Waals surface area contributed by atoms with E-state index in [-0.39, 0.29) is 5.82 Å². The zero-order valence-corrected chi connectivity index (χ0v) is 9.15. The van der Waals surface area contributed by atoms with Crippen molar-refractivity contribution in [1.29, 1.82) is 0 Å². The van der Waals surface area contributed by atoms with Crippen molar-refractivity contribution in [2.24, 2.45) is 0 Å². The van der Waals surface area contributed by atoms with Crippen LogP contribution in [0.4, 0.5) is 4.39 Å². The summed E-state index contributed by atoms with van der Waals surface area (Å²) in [5, 5.41) is 2.31. The van der Waals surface area contributed by atoms with Crippen LogP contribution in [0.5, 0.6) is 0 Å². The van der Waals surface area contributed by atoms with Crippen LogP contribution in [0.15, 0.2) is 60.7 Å². The summed E-state index contributed by atoms with van der Waals surface area (Å²) < 4.78 is 12.9. The molecule has 1 radical (unpaired) electrons. The molecule has 0 amide bonds. The average molecular weight is 221 g/mol. The maximum Gasteiger partial charge on any atom is 0.123 e. The van der Waals surface area contributed by atoms with Crippen molar-refractivity contribution in [1.82, 2.24) is 0 Å². The standard InChI is InChI=1S/C16H10F/c17-14-10-8-13(9-11-14)16-7-3-5-12-4-1-2-6-15(12)16/h1-6,8-11H. The van der Waals surface area contributed by atoms with Crippen LogP contribution in [0.3, 0.4) is 0 Å². The lowest BCUT2D eigenvalue weighted by Crippen LogP contribution is -1.82. The number of hydrogen-bond donors (Lipinski definition) is 0. The summed E-state index contributed by atoms with van der Waals surface area (Å²) in [7, 11) is 0. The summed E-state index contributed by atoms with van der Waals surface area (Å²) in [6, 6.07) is 21.8. The Morgan fingerprint density at radius 2 is 1.59 bits per heavy atom. The van der Waals surface area contributed by atoms with Crippen LogP contribution in [0.1, 0.15) is 0 Å². The van der Waals surface area contributed by atoms with Gasteiger partial charge in [0.15, 0.2) is 0 Å². The van der Waals surface area contributed by atoms with E-state index in [1.165, 1.54) is 17.5 Å². The molecule has 0 saturated carbocycles. The molecule has 81 valence electrons. The number of rotatable bonds is 1. The average Bonchev–Trinajstić information content (AvgIpc) is 2.39. The summed E-state index contributed by atoms with van der Waals surface area (Å²) in [4.78, 5) is 0. The maximum absolute atomic E-state index is 12.9. The number of benzene rings is 3. The second kappa shape index (κ2) is 4.02. The number of halogens is 1. The van der Waals surface area contributed by atoms with E-state index in [1.54, 1.807) is 12.1 Å². The zero-order chi connectivity index (χ0) is 11.7. The van der Waals surface area contributed by atoms with Crippen LogP contribution in [0, 0.1) is 11.9 Å². The maximum atomic E-state index is 12.9. The van der Waals surface area contributed by atoms with Crippen molar-refractivity contribution in [3.05, 3.63) is 72.5 Å². The van der Waals surface area contributed by atoms with Gasteiger partial charge in [-0.1, -0.05) is 48.5 Å². The quantitative estimate of drug-likeness (QED) is 0.569. The van der Waals surface area contributed by atoms with Crippen LogP contribution in [0.25, 0.3) is 21.9 Å². The molecule has 1 heteroatoms. The highest BCUT2D eigenvalue weighted by Crippen LogP contribution is 2.27. The molecule has 0 spiro atoms. The molecule has 0 nitrogen and oxygen atoms in total. The predicted molar refractivity (Wildman–Crippen MR) is 68.2 cm³/mol. The van der Waals surface area contributed by atoms with Gasteiger partial charge in [0.05, 0.1) is 0 Å². The highest BCUT2D eigenvalue weighted by atomic mass is 19.1. The van der Waals surface area contributed by atoms with E-state index in [9.17, 15) is 4.39 Å². The Morgan fingerprint density at radius 1 is 0.824 bits per heavy atom. The molecule has 17 heavy (non-hydrogen) atoms. The summed E-state index contributed by atoms with van der Waals surface area (Å²) in [5.41, 5.74) is 2.01. The molecule has 0 fully saturated rings. The van der Waals surface area contributed by atoms with E-state index in [0.29, 0.717) is 0 Å². The lowest BCUT2D eigenvalue weighted by Gasteiger charge is -2.06. The van der Waals surface area contributed by atoms with E-state index < -0.39 is 0 Å². The normalized spacial score (nSPS) is 10.6. The van der Waals surface area contributed by atoms with Gasteiger partial charge in [0, 0.05) is 0 Å². The van der Waals surface area contributed by atoms with Gasteiger partial charge in [0.25, 0.3) is 0 Å². The fourth-order valence-electron chi connectivity index (χ4n) is 2.02. The minimum atomic E-state index is -0.214. The van der Waals surface area contributed by atoms with E-state index >= 15 is 0 Å². The largest absolute Gasteiger partial charge is 0.207 e. The number of hydrogen-bond acceptors (Lipinski definition) is 0. The first-order valence-electron chi connectivity index (χ1n) is 5.50. The molecule has 0 aliphatic rings. The monoisotopic (exact) mass is 221 g/mol. The van der Waals surface area contributed by atoms with Crippen molar-refractivity contribution >= 4 is 10.8 Å². The van der Waals surface area contributed by atoms with E-state index in [0.717, 1.165) is 16.5 Å². The lowest BCUT2D eigenvalue weighted by atomic mass is 9.98. The Balaban J connectivity index is 2.27. The van der Waals surface area contributed by atoms with Gasteiger partial charge in [-0.2, -0.15) is 0 Å². The first-order valence-corrected chi connectivity index (χ1v) is 5.50. The Labute approximate surface area is 99.3 Å².